The van der Waals surface area contributed by atoms with Crippen LogP contribution in [0.4, 0.5) is 0 Å². The van der Waals surface area contributed by atoms with Crippen LogP contribution in [0.25, 0.3) is 0 Å². The maximum atomic E-state index is 5.49. The summed E-state index contributed by atoms with van der Waals surface area (Å²) in [4.78, 5) is 8.24. The maximum Gasteiger partial charge on any atom is 0.232 e. The molecule has 0 aliphatic heterocycles. The number of nitrogens with zero attached hydrogens (tertiary/aromatic N) is 2. The molecule has 0 bridgehead atoms. The molecule has 13 heavy (non-hydrogen) atoms. The molecule has 0 unspecified atom stereocenters. The van der Waals surface area contributed by atoms with Crippen LogP contribution >= 0.6 is 0 Å². The quantitative estimate of drug-likeness (QED) is 0.709. The number of hydrogen-bond acceptors (Lipinski definition) is 3. The summed E-state index contributed by atoms with van der Waals surface area (Å²) in [6, 6.07) is 0. The van der Waals surface area contributed by atoms with Crippen LogP contribution < -0.4 is 4.74 Å². The molecule has 0 N–H and O–H groups in total. The zero-order valence-electron chi connectivity index (χ0n) is 7.86. The van der Waals surface area contributed by atoms with Crippen molar-refractivity contribution in [2.45, 2.75) is 26.2 Å². The van der Waals surface area contributed by atoms with Crippen molar-refractivity contribution < 1.29 is 4.74 Å². The second kappa shape index (κ2) is 3.73. The standard InChI is InChI=1S/C10H14N2O/c1-8-5-12-10(6-11-8)13-7-9-3-2-4-9/h5-6,9H,2-4,7H2,1H3. The van der Waals surface area contributed by atoms with Gasteiger partial charge in [0.25, 0.3) is 0 Å². The molecule has 0 radical (unpaired) electrons. The van der Waals surface area contributed by atoms with Gasteiger partial charge in [-0.25, -0.2) is 4.98 Å². The second-order valence-electron chi connectivity index (χ2n) is 3.60. The summed E-state index contributed by atoms with van der Waals surface area (Å²) in [7, 11) is 0. The number of hydrogen-bond donors (Lipinski definition) is 0. The Hall–Kier alpha value is -1.12. The van der Waals surface area contributed by atoms with E-state index in [1.54, 1.807) is 12.4 Å². The molecule has 1 saturated carbocycles. The first kappa shape index (κ1) is 8.48. The highest BCUT2D eigenvalue weighted by molar-refractivity contribution is 5.05. The fourth-order valence-corrected chi connectivity index (χ4v) is 1.32. The molecule has 0 amide bonds. The van der Waals surface area contributed by atoms with Gasteiger partial charge in [-0.1, -0.05) is 6.42 Å². The second-order valence-corrected chi connectivity index (χ2v) is 3.60. The van der Waals surface area contributed by atoms with Gasteiger partial charge >= 0.3 is 0 Å². The van der Waals surface area contributed by atoms with Crippen molar-refractivity contribution in [3.05, 3.63) is 18.1 Å². The number of aryl methyl sites for hydroxylation is 1. The van der Waals surface area contributed by atoms with E-state index in [1.165, 1.54) is 19.3 Å². The molecular weight excluding hydrogens is 164 g/mol. The maximum absolute atomic E-state index is 5.49. The van der Waals surface area contributed by atoms with E-state index in [2.05, 4.69) is 9.97 Å². The fourth-order valence-electron chi connectivity index (χ4n) is 1.32. The van der Waals surface area contributed by atoms with Gasteiger partial charge in [-0.2, -0.15) is 0 Å². The van der Waals surface area contributed by atoms with Crippen LogP contribution in [0.5, 0.6) is 5.88 Å². The third kappa shape index (κ3) is 2.17. The lowest BCUT2D eigenvalue weighted by Crippen LogP contribution is -2.19. The molecule has 2 rings (SSSR count). The molecule has 70 valence electrons. The molecule has 1 aromatic heterocycles. The molecule has 1 aromatic rings. The van der Waals surface area contributed by atoms with Crippen LogP contribution in [0, 0.1) is 12.8 Å². The van der Waals surface area contributed by atoms with Crippen molar-refractivity contribution >= 4 is 0 Å². The van der Waals surface area contributed by atoms with Crippen molar-refractivity contribution in [1.82, 2.24) is 9.97 Å². The predicted octanol–water partition coefficient (Wildman–Crippen LogP) is 1.96. The monoisotopic (exact) mass is 178 g/mol. The van der Waals surface area contributed by atoms with E-state index in [0.717, 1.165) is 18.2 Å². The van der Waals surface area contributed by atoms with Gasteiger partial charge in [-0.15, -0.1) is 0 Å². The molecule has 0 atom stereocenters. The van der Waals surface area contributed by atoms with E-state index in [0.29, 0.717) is 5.88 Å². The van der Waals surface area contributed by atoms with Crippen LogP contribution in [-0.2, 0) is 0 Å². The Morgan fingerprint density at radius 1 is 1.38 bits per heavy atom. The van der Waals surface area contributed by atoms with E-state index >= 15 is 0 Å². The highest BCUT2D eigenvalue weighted by atomic mass is 16.5. The van der Waals surface area contributed by atoms with Crippen molar-refractivity contribution in [1.29, 1.82) is 0 Å². The van der Waals surface area contributed by atoms with Gasteiger partial charge in [-0.05, 0) is 25.7 Å². The summed E-state index contributed by atoms with van der Waals surface area (Å²) >= 11 is 0. The van der Waals surface area contributed by atoms with E-state index in [4.69, 9.17) is 4.74 Å². The highest BCUT2D eigenvalue weighted by Gasteiger charge is 2.17. The third-order valence-corrected chi connectivity index (χ3v) is 2.45. The minimum absolute atomic E-state index is 0.650. The Morgan fingerprint density at radius 3 is 2.77 bits per heavy atom. The summed E-state index contributed by atoms with van der Waals surface area (Å²) in [6.45, 7) is 2.72. The molecule has 3 heteroatoms. The lowest BCUT2D eigenvalue weighted by atomic mass is 9.86. The predicted molar refractivity (Wildman–Crippen MR) is 49.6 cm³/mol. The molecule has 0 spiro atoms. The lowest BCUT2D eigenvalue weighted by molar-refractivity contribution is 0.175. The molecule has 1 fully saturated rings. The third-order valence-electron chi connectivity index (χ3n) is 2.45. The van der Waals surface area contributed by atoms with Crippen molar-refractivity contribution in [2.24, 2.45) is 5.92 Å². The summed E-state index contributed by atoms with van der Waals surface area (Å²) in [5.41, 5.74) is 0.927. The zero-order valence-corrected chi connectivity index (χ0v) is 7.86. The van der Waals surface area contributed by atoms with Crippen LogP contribution in [0.1, 0.15) is 25.0 Å². The van der Waals surface area contributed by atoms with Crippen molar-refractivity contribution in [2.75, 3.05) is 6.61 Å². The molecular formula is C10H14N2O. The molecule has 1 aliphatic carbocycles. The first-order chi connectivity index (χ1) is 6.34. The van der Waals surface area contributed by atoms with Gasteiger partial charge in [0.2, 0.25) is 5.88 Å². The lowest BCUT2D eigenvalue weighted by Gasteiger charge is -2.24. The van der Waals surface area contributed by atoms with Gasteiger partial charge < -0.3 is 4.74 Å². The topological polar surface area (TPSA) is 35.0 Å². The first-order valence-corrected chi connectivity index (χ1v) is 4.76. The normalized spacial score (nSPS) is 16.7. The summed E-state index contributed by atoms with van der Waals surface area (Å²) < 4.78 is 5.49. The van der Waals surface area contributed by atoms with Gasteiger partial charge in [-0.3, -0.25) is 4.98 Å². The van der Waals surface area contributed by atoms with E-state index in [1.807, 2.05) is 6.92 Å². The van der Waals surface area contributed by atoms with Crippen LogP contribution in [0.2, 0.25) is 0 Å². The Balaban J connectivity index is 1.83. The van der Waals surface area contributed by atoms with Crippen molar-refractivity contribution in [3.8, 4) is 5.88 Å². The summed E-state index contributed by atoms with van der Waals surface area (Å²) in [5.74, 6) is 1.40. The molecule has 1 heterocycles. The average Bonchev–Trinajstić information content (AvgIpc) is 2.05. The smallest absolute Gasteiger partial charge is 0.232 e. The van der Waals surface area contributed by atoms with Gasteiger partial charge in [0, 0.05) is 0 Å². The molecule has 0 aromatic carbocycles. The molecule has 1 aliphatic rings. The van der Waals surface area contributed by atoms with E-state index in [-0.39, 0.29) is 0 Å². The Labute approximate surface area is 78.2 Å². The molecule has 3 nitrogen and oxygen atoms in total. The van der Waals surface area contributed by atoms with E-state index < -0.39 is 0 Å². The number of ether oxygens (including phenoxy) is 1. The van der Waals surface area contributed by atoms with Gasteiger partial charge in [0.05, 0.1) is 24.7 Å². The van der Waals surface area contributed by atoms with Crippen LogP contribution in [-0.4, -0.2) is 16.6 Å². The van der Waals surface area contributed by atoms with Crippen LogP contribution in [0.15, 0.2) is 12.4 Å². The minimum Gasteiger partial charge on any atom is -0.476 e. The fraction of sp³-hybridized carbons (Fsp3) is 0.600. The summed E-state index contributed by atoms with van der Waals surface area (Å²) in [6.07, 6.45) is 7.39. The summed E-state index contributed by atoms with van der Waals surface area (Å²) in [5, 5.41) is 0. The number of rotatable bonds is 3. The van der Waals surface area contributed by atoms with Crippen LogP contribution in [0.3, 0.4) is 0 Å². The van der Waals surface area contributed by atoms with Gasteiger partial charge in [0.15, 0.2) is 0 Å². The Bertz CT molecular complexity index is 267. The zero-order chi connectivity index (χ0) is 9.10. The Kier molecular flexibility index (Phi) is 2.43. The largest absolute Gasteiger partial charge is 0.476 e. The van der Waals surface area contributed by atoms with Gasteiger partial charge in [0.1, 0.15) is 0 Å². The van der Waals surface area contributed by atoms with E-state index in [9.17, 15) is 0 Å². The highest BCUT2D eigenvalue weighted by Crippen LogP contribution is 2.26. The SMILES string of the molecule is Cc1cnc(OCC2CCC2)cn1. The number of aromatic nitrogens is 2. The average molecular weight is 178 g/mol. The molecule has 0 saturated heterocycles. The Morgan fingerprint density at radius 2 is 2.23 bits per heavy atom. The van der Waals surface area contributed by atoms with Crippen molar-refractivity contribution in [3.63, 3.8) is 0 Å². The minimum atomic E-state index is 0.650. The first-order valence-electron chi connectivity index (χ1n) is 4.76.